The average Bonchev–Trinajstić information content (AvgIpc) is 2.87. The average molecular weight is 316 g/mol. The maximum Gasteiger partial charge on any atom is 0.0971 e. The monoisotopic (exact) mass is 315 g/mol. The molecule has 3 rings (SSSR count). The van der Waals surface area contributed by atoms with Gasteiger partial charge < -0.3 is 10.2 Å². The summed E-state index contributed by atoms with van der Waals surface area (Å²) in [5.41, 5.74) is 1.19. The van der Waals surface area contributed by atoms with Crippen LogP contribution < -0.4 is 5.32 Å². The largest absolute Gasteiger partial charge is 0.317 e. The lowest BCUT2D eigenvalue weighted by atomic mass is 9.94. The van der Waals surface area contributed by atoms with E-state index in [1.807, 2.05) is 11.3 Å². The summed E-state index contributed by atoms with van der Waals surface area (Å²) >= 11 is 1.86. The minimum absolute atomic E-state index is 0. The summed E-state index contributed by atoms with van der Waals surface area (Å²) in [6, 6.07) is 0. The first-order valence-corrected chi connectivity index (χ1v) is 8.54. The van der Waals surface area contributed by atoms with Gasteiger partial charge in [0, 0.05) is 30.1 Å². The molecule has 0 aliphatic carbocycles. The highest BCUT2D eigenvalue weighted by Crippen LogP contribution is 2.30. The van der Waals surface area contributed by atoms with E-state index in [1.165, 1.54) is 69.1 Å². The first-order valence-electron chi connectivity index (χ1n) is 7.66. The number of nitrogens with one attached hydrogen (secondary N) is 1. The van der Waals surface area contributed by atoms with E-state index in [0.717, 1.165) is 5.92 Å². The Morgan fingerprint density at radius 3 is 2.85 bits per heavy atom. The summed E-state index contributed by atoms with van der Waals surface area (Å²) in [4.78, 5) is 7.39. The highest BCUT2D eigenvalue weighted by Gasteiger charge is 2.25. The van der Waals surface area contributed by atoms with E-state index >= 15 is 0 Å². The van der Waals surface area contributed by atoms with E-state index in [-0.39, 0.29) is 12.4 Å². The molecule has 20 heavy (non-hydrogen) atoms. The van der Waals surface area contributed by atoms with Crippen molar-refractivity contribution in [1.82, 2.24) is 15.2 Å². The predicted molar refractivity (Wildman–Crippen MR) is 88.1 cm³/mol. The Balaban J connectivity index is 0.00000147. The van der Waals surface area contributed by atoms with E-state index < -0.39 is 0 Å². The molecule has 0 amide bonds. The first kappa shape index (κ1) is 16.2. The van der Waals surface area contributed by atoms with Crippen molar-refractivity contribution in [2.75, 3.05) is 32.7 Å². The molecule has 114 valence electrons. The lowest BCUT2D eigenvalue weighted by Gasteiger charge is -2.35. The zero-order chi connectivity index (χ0) is 13.1. The van der Waals surface area contributed by atoms with Crippen LogP contribution >= 0.6 is 23.7 Å². The van der Waals surface area contributed by atoms with Crippen molar-refractivity contribution in [3.8, 4) is 0 Å². The van der Waals surface area contributed by atoms with Gasteiger partial charge in [-0.1, -0.05) is 0 Å². The molecule has 0 aromatic carbocycles. The maximum atomic E-state index is 4.70. The van der Waals surface area contributed by atoms with Crippen molar-refractivity contribution >= 4 is 23.7 Å². The van der Waals surface area contributed by atoms with Gasteiger partial charge in [0.25, 0.3) is 0 Å². The highest BCUT2D eigenvalue weighted by molar-refractivity contribution is 7.09. The molecule has 0 saturated carbocycles. The molecule has 0 bridgehead atoms. The third-order valence-corrected chi connectivity index (χ3v) is 5.59. The fourth-order valence-electron chi connectivity index (χ4n) is 3.41. The van der Waals surface area contributed by atoms with E-state index in [9.17, 15) is 0 Å². The molecule has 0 radical (unpaired) electrons. The normalized spacial score (nSPS) is 25.4. The van der Waals surface area contributed by atoms with Crippen LogP contribution in [0.25, 0.3) is 0 Å². The number of thiazole rings is 1. The van der Waals surface area contributed by atoms with Crippen LogP contribution in [-0.4, -0.2) is 42.6 Å². The van der Waals surface area contributed by atoms with Crippen molar-refractivity contribution in [3.63, 3.8) is 0 Å². The fraction of sp³-hybridized carbons (Fsp3) is 0.800. The Hall–Kier alpha value is -0.160. The molecular formula is C15H26ClN3S. The topological polar surface area (TPSA) is 28.2 Å². The molecular weight excluding hydrogens is 290 g/mol. The van der Waals surface area contributed by atoms with Crippen molar-refractivity contribution < 1.29 is 0 Å². The number of hydrogen-bond donors (Lipinski definition) is 1. The van der Waals surface area contributed by atoms with Crippen molar-refractivity contribution in [2.45, 2.75) is 38.5 Å². The quantitative estimate of drug-likeness (QED) is 0.929. The van der Waals surface area contributed by atoms with Gasteiger partial charge in [0.15, 0.2) is 0 Å². The van der Waals surface area contributed by atoms with Crippen LogP contribution in [0.1, 0.15) is 42.3 Å². The van der Waals surface area contributed by atoms with Crippen LogP contribution in [0.15, 0.2) is 5.38 Å². The molecule has 2 fully saturated rings. The number of rotatable bonds is 3. The van der Waals surface area contributed by atoms with E-state index in [4.69, 9.17) is 4.98 Å². The van der Waals surface area contributed by atoms with Crippen LogP contribution in [0.4, 0.5) is 0 Å². The van der Waals surface area contributed by atoms with Gasteiger partial charge in [-0.05, 0) is 58.2 Å². The summed E-state index contributed by atoms with van der Waals surface area (Å²) in [6.45, 7) is 8.38. The van der Waals surface area contributed by atoms with Crippen molar-refractivity contribution in [1.29, 1.82) is 0 Å². The lowest BCUT2D eigenvalue weighted by Crippen LogP contribution is -2.40. The molecule has 2 aliphatic rings. The lowest BCUT2D eigenvalue weighted by molar-refractivity contribution is 0.163. The number of aryl methyl sites for hydroxylation is 1. The number of likely N-dealkylation sites (tertiary alicyclic amines) is 1. The Morgan fingerprint density at radius 2 is 2.15 bits per heavy atom. The number of hydrogen-bond acceptors (Lipinski definition) is 4. The zero-order valence-corrected chi connectivity index (χ0v) is 13.9. The number of piperidine rings is 2. The van der Waals surface area contributed by atoms with Crippen LogP contribution in [0.2, 0.25) is 0 Å². The third kappa shape index (κ3) is 4.17. The molecule has 2 saturated heterocycles. The minimum Gasteiger partial charge on any atom is -0.317 e. The molecule has 2 aliphatic heterocycles. The Morgan fingerprint density at radius 1 is 1.35 bits per heavy atom. The second-order valence-electron chi connectivity index (χ2n) is 6.12. The van der Waals surface area contributed by atoms with E-state index in [0.29, 0.717) is 5.92 Å². The summed E-state index contributed by atoms with van der Waals surface area (Å²) in [5, 5.41) is 7.03. The molecule has 1 aromatic heterocycles. The highest BCUT2D eigenvalue weighted by atomic mass is 35.5. The first-order chi connectivity index (χ1) is 9.31. The minimum atomic E-state index is 0. The van der Waals surface area contributed by atoms with Gasteiger partial charge in [-0.3, -0.25) is 0 Å². The predicted octanol–water partition coefficient (Wildman–Crippen LogP) is 3.05. The second-order valence-corrected chi connectivity index (χ2v) is 7.01. The van der Waals surface area contributed by atoms with Gasteiger partial charge in [0.05, 0.1) is 5.01 Å². The van der Waals surface area contributed by atoms with E-state index in [2.05, 4.69) is 22.5 Å². The molecule has 1 atom stereocenters. The van der Waals surface area contributed by atoms with Crippen molar-refractivity contribution in [2.24, 2.45) is 5.92 Å². The van der Waals surface area contributed by atoms with Gasteiger partial charge >= 0.3 is 0 Å². The molecule has 1 unspecified atom stereocenters. The molecule has 1 N–H and O–H groups in total. The number of halogens is 1. The zero-order valence-electron chi connectivity index (χ0n) is 12.3. The Labute approximate surface area is 132 Å². The van der Waals surface area contributed by atoms with Gasteiger partial charge in [0.1, 0.15) is 0 Å². The van der Waals surface area contributed by atoms with Crippen LogP contribution in [0, 0.1) is 12.8 Å². The van der Waals surface area contributed by atoms with E-state index in [1.54, 1.807) is 0 Å². The Bertz CT molecular complexity index is 404. The van der Waals surface area contributed by atoms with Gasteiger partial charge in [-0.2, -0.15) is 0 Å². The number of nitrogens with zero attached hydrogens (tertiary/aromatic N) is 2. The van der Waals surface area contributed by atoms with Crippen LogP contribution in [0.3, 0.4) is 0 Å². The molecule has 3 heterocycles. The van der Waals surface area contributed by atoms with Crippen LogP contribution in [0.5, 0.6) is 0 Å². The smallest absolute Gasteiger partial charge is 0.0971 e. The molecule has 5 heteroatoms. The standard InChI is InChI=1S/C15H25N3S.ClH/c1-12-11-19-15(17-12)14-3-2-8-18(10-14)9-13-4-6-16-7-5-13;/h11,13-14,16H,2-10H2,1H3;1H. The molecule has 1 aromatic rings. The summed E-state index contributed by atoms with van der Waals surface area (Å²) in [6.07, 6.45) is 5.39. The maximum absolute atomic E-state index is 4.70. The Kier molecular flexibility index (Phi) is 6.27. The van der Waals surface area contributed by atoms with Crippen LogP contribution in [-0.2, 0) is 0 Å². The SMILES string of the molecule is Cc1csc(C2CCCN(CC3CCNCC3)C2)n1.Cl. The summed E-state index contributed by atoms with van der Waals surface area (Å²) in [5.74, 6) is 1.60. The molecule has 3 nitrogen and oxygen atoms in total. The van der Waals surface area contributed by atoms with Gasteiger partial charge in [0.2, 0.25) is 0 Å². The fourth-order valence-corrected chi connectivity index (χ4v) is 4.34. The molecule has 0 spiro atoms. The van der Waals surface area contributed by atoms with Gasteiger partial charge in [-0.15, -0.1) is 23.7 Å². The van der Waals surface area contributed by atoms with Gasteiger partial charge in [-0.25, -0.2) is 4.98 Å². The van der Waals surface area contributed by atoms with Crippen molar-refractivity contribution in [3.05, 3.63) is 16.1 Å². The third-order valence-electron chi connectivity index (χ3n) is 4.47. The number of aromatic nitrogens is 1. The summed E-state index contributed by atoms with van der Waals surface area (Å²) < 4.78 is 0. The summed E-state index contributed by atoms with van der Waals surface area (Å²) in [7, 11) is 0. The second kappa shape index (κ2) is 7.74.